The topological polar surface area (TPSA) is 52.6 Å². The largest absolute Gasteiger partial charge is 0.427 e. The van der Waals surface area contributed by atoms with Gasteiger partial charge in [0.05, 0.1) is 5.92 Å². The van der Waals surface area contributed by atoms with Crippen molar-refractivity contribution in [2.45, 2.75) is 90.9 Å². The van der Waals surface area contributed by atoms with Crippen LogP contribution in [0.25, 0.3) is 0 Å². The lowest BCUT2D eigenvalue weighted by Crippen LogP contribution is -2.25. The molecule has 1 aromatic rings. The van der Waals surface area contributed by atoms with E-state index in [1.807, 2.05) is 0 Å². The third kappa shape index (κ3) is 8.04. The van der Waals surface area contributed by atoms with Gasteiger partial charge >= 0.3 is 11.9 Å². The maximum atomic E-state index is 12.4. The van der Waals surface area contributed by atoms with Crippen molar-refractivity contribution >= 4 is 11.9 Å². The molecule has 4 heteroatoms. The highest BCUT2D eigenvalue weighted by Gasteiger charge is 2.27. The lowest BCUT2D eigenvalue weighted by Gasteiger charge is -2.27. The van der Waals surface area contributed by atoms with Crippen LogP contribution in [0.1, 0.15) is 90.9 Å². The third-order valence-electron chi connectivity index (χ3n) is 5.65. The molecule has 28 heavy (non-hydrogen) atoms. The molecule has 1 fully saturated rings. The van der Waals surface area contributed by atoms with Crippen molar-refractivity contribution in [3.05, 3.63) is 24.3 Å². The molecule has 156 valence electrons. The minimum Gasteiger partial charge on any atom is -0.427 e. The van der Waals surface area contributed by atoms with Gasteiger partial charge in [-0.1, -0.05) is 52.4 Å². The second kappa shape index (κ2) is 12.6. The van der Waals surface area contributed by atoms with Crippen molar-refractivity contribution in [3.8, 4) is 11.5 Å². The Kier molecular flexibility index (Phi) is 10.1. The fourth-order valence-electron chi connectivity index (χ4n) is 3.83. The molecule has 1 aliphatic rings. The average molecular weight is 389 g/mol. The highest BCUT2D eigenvalue weighted by Crippen LogP contribution is 2.33. The van der Waals surface area contributed by atoms with Gasteiger partial charge in [0.2, 0.25) is 0 Å². The number of rotatable bonds is 11. The van der Waals surface area contributed by atoms with Gasteiger partial charge in [-0.15, -0.1) is 0 Å². The Morgan fingerprint density at radius 2 is 1.43 bits per heavy atom. The van der Waals surface area contributed by atoms with Gasteiger partial charge in [-0.3, -0.25) is 9.59 Å². The summed E-state index contributed by atoms with van der Waals surface area (Å²) in [6.45, 7) is 4.37. The fraction of sp³-hybridized carbons (Fsp3) is 0.667. The Balaban J connectivity index is 1.71. The minimum absolute atomic E-state index is 0.0125. The van der Waals surface area contributed by atoms with E-state index in [-0.39, 0.29) is 17.9 Å². The molecule has 1 aromatic carbocycles. The molecule has 1 saturated carbocycles. The van der Waals surface area contributed by atoms with E-state index in [0.717, 1.165) is 57.3 Å². The molecule has 2 rings (SSSR count). The van der Waals surface area contributed by atoms with Gasteiger partial charge in [-0.05, 0) is 62.3 Å². The predicted molar refractivity (Wildman–Crippen MR) is 111 cm³/mol. The molecular weight excluding hydrogens is 352 g/mol. The van der Waals surface area contributed by atoms with Crippen LogP contribution in [0.5, 0.6) is 11.5 Å². The lowest BCUT2D eigenvalue weighted by atomic mass is 9.80. The number of esters is 2. The molecule has 1 aliphatic carbocycles. The summed E-state index contributed by atoms with van der Waals surface area (Å²) in [6.07, 6.45) is 12.6. The van der Waals surface area contributed by atoms with E-state index in [1.54, 1.807) is 24.3 Å². The van der Waals surface area contributed by atoms with E-state index in [2.05, 4.69) is 13.8 Å². The Bertz CT molecular complexity index is 585. The number of hydrogen-bond acceptors (Lipinski definition) is 4. The Morgan fingerprint density at radius 1 is 0.821 bits per heavy atom. The van der Waals surface area contributed by atoms with Crippen molar-refractivity contribution in [1.29, 1.82) is 0 Å². The van der Waals surface area contributed by atoms with Crippen LogP contribution in [0.2, 0.25) is 0 Å². The van der Waals surface area contributed by atoms with Crippen LogP contribution in [0, 0.1) is 11.8 Å². The van der Waals surface area contributed by atoms with Gasteiger partial charge in [0.15, 0.2) is 0 Å². The standard InChI is InChI=1S/C24H36O4/c1-3-5-7-8-10-23(25)27-21-15-17-22(18-16-21)28-24(26)20-13-11-19(12-14-20)9-6-4-2/h15-20H,3-14H2,1-2H3. The molecule has 0 spiro atoms. The van der Waals surface area contributed by atoms with Crippen molar-refractivity contribution in [2.24, 2.45) is 11.8 Å². The average Bonchev–Trinajstić information content (AvgIpc) is 2.71. The number of ether oxygens (including phenoxy) is 2. The summed E-state index contributed by atoms with van der Waals surface area (Å²) in [5.41, 5.74) is 0. The summed E-state index contributed by atoms with van der Waals surface area (Å²) in [5, 5.41) is 0. The number of unbranched alkanes of at least 4 members (excludes halogenated alkanes) is 4. The van der Waals surface area contributed by atoms with Crippen LogP contribution in [-0.4, -0.2) is 11.9 Å². The van der Waals surface area contributed by atoms with Gasteiger partial charge in [0.1, 0.15) is 11.5 Å². The number of hydrogen-bond donors (Lipinski definition) is 0. The first kappa shape index (κ1) is 22.4. The molecule has 0 unspecified atom stereocenters. The maximum Gasteiger partial charge on any atom is 0.314 e. The van der Waals surface area contributed by atoms with Gasteiger partial charge in [0, 0.05) is 6.42 Å². The van der Waals surface area contributed by atoms with Crippen molar-refractivity contribution in [2.75, 3.05) is 0 Å². The number of carbonyl (C=O) groups excluding carboxylic acids is 2. The summed E-state index contributed by atoms with van der Waals surface area (Å²) in [6, 6.07) is 6.78. The summed E-state index contributed by atoms with van der Waals surface area (Å²) in [4.78, 5) is 24.2. The minimum atomic E-state index is -0.208. The number of carbonyl (C=O) groups is 2. The van der Waals surface area contributed by atoms with Crippen molar-refractivity contribution < 1.29 is 19.1 Å². The van der Waals surface area contributed by atoms with Crippen LogP contribution < -0.4 is 9.47 Å². The summed E-state index contributed by atoms with van der Waals surface area (Å²) >= 11 is 0. The third-order valence-corrected chi connectivity index (χ3v) is 5.65. The van der Waals surface area contributed by atoms with Gasteiger partial charge < -0.3 is 9.47 Å². The Hall–Kier alpha value is -1.84. The molecule has 0 aliphatic heterocycles. The zero-order chi connectivity index (χ0) is 20.2. The van der Waals surface area contributed by atoms with Crippen molar-refractivity contribution in [3.63, 3.8) is 0 Å². The molecule has 0 saturated heterocycles. The molecule has 0 bridgehead atoms. The van der Waals surface area contributed by atoms with Crippen molar-refractivity contribution in [1.82, 2.24) is 0 Å². The normalized spacial score (nSPS) is 19.2. The molecular formula is C24H36O4. The highest BCUT2D eigenvalue weighted by molar-refractivity contribution is 5.75. The molecule has 4 nitrogen and oxygen atoms in total. The first-order valence-electron chi connectivity index (χ1n) is 11.1. The van der Waals surface area contributed by atoms with Crippen LogP contribution >= 0.6 is 0 Å². The van der Waals surface area contributed by atoms with Gasteiger partial charge in [-0.2, -0.15) is 0 Å². The lowest BCUT2D eigenvalue weighted by molar-refractivity contribution is -0.140. The van der Waals surface area contributed by atoms with Gasteiger partial charge in [0.25, 0.3) is 0 Å². The highest BCUT2D eigenvalue weighted by atomic mass is 16.5. The second-order valence-corrected chi connectivity index (χ2v) is 8.04. The summed E-state index contributed by atoms with van der Waals surface area (Å²) in [5.74, 6) is 1.46. The van der Waals surface area contributed by atoms with Crippen LogP contribution in [0.4, 0.5) is 0 Å². The smallest absolute Gasteiger partial charge is 0.314 e. The van der Waals surface area contributed by atoms with Crippen LogP contribution in [-0.2, 0) is 9.59 Å². The quantitative estimate of drug-likeness (QED) is 0.248. The monoisotopic (exact) mass is 388 g/mol. The van der Waals surface area contributed by atoms with E-state index in [9.17, 15) is 9.59 Å². The second-order valence-electron chi connectivity index (χ2n) is 8.04. The first-order chi connectivity index (χ1) is 13.6. The van der Waals surface area contributed by atoms with Gasteiger partial charge in [-0.25, -0.2) is 0 Å². The van der Waals surface area contributed by atoms with Crippen LogP contribution in [0.3, 0.4) is 0 Å². The van der Waals surface area contributed by atoms with E-state index in [1.165, 1.54) is 19.3 Å². The summed E-state index contributed by atoms with van der Waals surface area (Å²) in [7, 11) is 0. The molecule has 0 N–H and O–H groups in total. The number of benzene rings is 1. The SMILES string of the molecule is CCCCCCC(=O)Oc1ccc(OC(=O)C2CCC(CCCC)CC2)cc1. The zero-order valence-electron chi connectivity index (χ0n) is 17.6. The molecule has 0 aromatic heterocycles. The summed E-state index contributed by atoms with van der Waals surface area (Å²) < 4.78 is 10.9. The Labute approximate surface area is 170 Å². The maximum absolute atomic E-state index is 12.4. The molecule has 0 amide bonds. The fourth-order valence-corrected chi connectivity index (χ4v) is 3.83. The molecule has 0 atom stereocenters. The van der Waals surface area contributed by atoms with Crippen LogP contribution in [0.15, 0.2) is 24.3 Å². The van der Waals surface area contributed by atoms with E-state index < -0.39 is 0 Å². The van der Waals surface area contributed by atoms with E-state index in [0.29, 0.717) is 17.9 Å². The predicted octanol–water partition coefficient (Wildman–Crippen LogP) is 6.46. The van der Waals surface area contributed by atoms with E-state index >= 15 is 0 Å². The van der Waals surface area contributed by atoms with E-state index in [4.69, 9.17) is 9.47 Å². The Morgan fingerprint density at radius 3 is 2.04 bits per heavy atom. The zero-order valence-corrected chi connectivity index (χ0v) is 17.6. The molecule has 0 radical (unpaired) electrons. The first-order valence-corrected chi connectivity index (χ1v) is 11.1. The molecule has 0 heterocycles.